The van der Waals surface area contributed by atoms with E-state index in [0.29, 0.717) is 5.92 Å². The Kier molecular flexibility index (Phi) is 31.7. The average molecular weight is 596 g/mol. The van der Waals surface area contributed by atoms with Crippen molar-refractivity contribution in [3.8, 4) is 0 Å². The van der Waals surface area contributed by atoms with Crippen LogP contribution in [0.3, 0.4) is 0 Å². The number of rotatable bonds is 30. The van der Waals surface area contributed by atoms with E-state index in [1.165, 1.54) is 103 Å². The van der Waals surface area contributed by atoms with Crippen LogP contribution in [0.25, 0.3) is 0 Å². The molecule has 0 fully saturated rings. The summed E-state index contributed by atoms with van der Waals surface area (Å²) < 4.78 is 6.86. The molecule has 2 unspecified atom stereocenters. The van der Waals surface area contributed by atoms with Gasteiger partial charge in [-0.05, 0) is 111 Å². The van der Waals surface area contributed by atoms with Crippen molar-refractivity contribution in [2.75, 3.05) is 20.6 Å². The summed E-state index contributed by atoms with van der Waals surface area (Å²) in [5.74, 6) is 1.55. The van der Waals surface area contributed by atoms with Crippen molar-refractivity contribution in [2.24, 2.45) is 5.92 Å². The van der Waals surface area contributed by atoms with Gasteiger partial charge in [0.1, 0.15) is 6.10 Å². The molecule has 0 aromatic carbocycles. The molecule has 248 valence electrons. The third kappa shape index (κ3) is 28.7. The van der Waals surface area contributed by atoms with E-state index in [4.69, 9.17) is 4.74 Å². The van der Waals surface area contributed by atoms with Gasteiger partial charge in [-0.25, -0.2) is 0 Å². The highest BCUT2D eigenvalue weighted by atomic mass is 16.5. The lowest BCUT2D eigenvalue weighted by Crippen LogP contribution is -2.23. The third-order valence-electron chi connectivity index (χ3n) is 7.90. The molecule has 0 spiro atoms. The SMILES string of the molecule is C/C=C(/C/C=C/CN(C)C)OC(CCC/C=C\CCCCC)C(/C=C\C/C=C\CCCCC)CCC/C=C\CCCCC. The molecule has 2 nitrogen and oxygen atoms in total. The van der Waals surface area contributed by atoms with Gasteiger partial charge in [0.05, 0.1) is 5.76 Å². The molecular weight excluding hydrogens is 522 g/mol. The van der Waals surface area contributed by atoms with Crippen molar-refractivity contribution in [1.82, 2.24) is 4.90 Å². The molecule has 2 atom stereocenters. The van der Waals surface area contributed by atoms with Crippen molar-refractivity contribution in [3.63, 3.8) is 0 Å². The van der Waals surface area contributed by atoms with Gasteiger partial charge in [0.15, 0.2) is 0 Å². The Morgan fingerprint density at radius 2 is 1.09 bits per heavy atom. The van der Waals surface area contributed by atoms with Crippen molar-refractivity contribution < 1.29 is 4.74 Å². The highest BCUT2D eigenvalue weighted by molar-refractivity contribution is 5.03. The van der Waals surface area contributed by atoms with Gasteiger partial charge in [0.2, 0.25) is 0 Å². The van der Waals surface area contributed by atoms with Crippen LogP contribution in [0.2, 0.25) is 0 Å². The van der Waals surface area contributed by atoms with Crippen LogP contribution >= 0.6 is 0 Å². The zero-order valence-electron chi connectivity index (χ0n) is 29.7. The monoisotopic (exact) mass is 596 g/mol. The predicted octanol–water partition coefficient (Wildman–Crippen LogP) is 13.1. The van der Waals surface area contributed by atoms with Crippen molar-refractivity contribution in [2.45, 2.75) is 162 Å². The summed E-state index contributed by atoms with van der Waals surface area (Å²) in [7, 11) is 4.23. The lowest BCUT2D eigenvalue weighted by Gasteiger charge is -2.27. The zero-order valence-corrected chi connectivity index (χ0v) is 29.7. The molecule has 0 saturated carbocycles. The Morgan fingerprint density at radius 3 is 1.60 bits per heavy atom. The van der Waals surface area contributed by atoms with Crippen LogP contribution in [0.4, 0.5) is 0 Å². The average Bonchev–Trinajstić information content (AvgIpc) is 3.00. The van der Waals surface area contributed by atoms with Gasteiger partial charge in [0.25, 0.3) is 0 Å². The minimum Gasteiger partial charge on any atom is -0.494 e. The fourth-order valence-electron chi connectivity index (χ4n) is 5.14. The molecule has 43 heavy (non-hydrogen) atoms. The summed E-state index contributed by atoms with van der Waals surface area (Å²) in [4.78, 5) is 2.20. The Hall–Kier alpha value is -1.80. The first-order valence-corrected chi connectivity index (χ1v) is 18.3. The predicted molar refractivity (Wildman–Crippen MR) is 196 cm³/mol. The van der Waals surface area contributed by atoms with E-state index < -0.39 is 0 Å². The van der Waals surface area contributed by atoms with Gasteiger partial charge in [-0.15, -0.1) is 0 Å². The number of unbranched alkanes of at least 4 members (excludes halogenated alkanes) is 11. The molecule has 0 aliphatic rings. The topological polar surface area (TPSA) is 12.5 Å². The summed E-state index contributed by atoms with van der Waals surface area (Å²) in [6.07, 6.45) is 50.6. The number of nitrogens with zero attached hydrogens (tertiary/aromatic N) is 1. The number of hydrogen-bond donors (Lipinski definition) is 0. The van der Waals surface area contributed by atoms with E-state index >= 15 is 0 Å². The second-order valence-electron chi connectivity index (χ2n) is 12.4. The molecule has 0 aliphatic heterocycles. The largest absolute Gasteiger partial charge is 0.494 e. The van der Waals surface area contributed by atoms with Gasteiger partial charge in [-0.1, -0.05) is 120 Å². The summed E-state index contributed by atoms with van der Waals surface area (Å²) in [5, 5.41) is 0. The molecule has 0 bridgehead atoms. The summed E-state index contributed by atoms with van der Waals surface area (Å²) in [6.45, 7) is 9.92. The van der Waals surface area contributed by atoms with Crippen LogP contribution in [0.5, 0.6) is 0 Å². The zero-order chi connectivity index (χ0) is 31.6. The molecule has 0 saturated heterocycles. The fourth-order valence-corrected chi connectivity index (χ4v) is 5.14. The van der Waals surface area contributed by atoms with Crippen LogP contribution in [-0.4, -0.2) is 31.6 Å². The Bertz CT molecular complexity index is 754. The number of ether oxygens (including phenoxy) is 1. The molecule has 0 aromatic heterocycles. The summed E-state index contributed by atoms with van der Waals surface area (Å²) in [5.41, 5.74) is 0. The lowest BCUT2D eigenvalue weighted by atomic mass is 9.91. The maximum Gasteiger partial charge on any atom is 0.104 e. The minimum atomic E-state index is 0.222. The van der Waals surface area contributed by atoms with Crippen LogP contribution in [0.15, 0.2) is 72.6 Å². The molecule has 2 heteroatoms. The molecule has 0 amide bonds. The van der Waals surface area contributed by atoms with Crippen LogP contribution in [-0.2, 0) is 4.74 Å². The Labute approximate surface area is 270 Å². The second-order valence-corrected chi connectivity index (χ2v) is 12.4. The fraction of sp³-hybridized carbons (Fsp3) is 0.707. The second kappa shape index (κ2) is 33.1. The van der Waals surface area contributed by atoms with E-state index in [2.05, 4.69) is 114 Å². The molecule has 0 aliphatic carbocycles. The van der Waals surface area contributed by atoms with E-state index in [1.807, 2.05) is 0 Å². The summed E-state index contributed by atoms with van der Waals surface area (Å²) >= 11 is 0. The molecular formula is C41H73NO. The van der Waals surface area contributed by atoms with Crippen LogP contribution in [0, 0.1) is 5.92 Å². The van der Waals surface area contributed by atoms with Gasteiger partial charge in [0, 0.05) is 18.9 Å². The van der Waals surface area contributed by atoms with Gasteiger partial charge in [-0.3, -0.25) is 0 Å². The van der Waals surface area contributed by atoms with Gasteiger partial charge >= 0.3 is 0 Å². The third-order valence-corrected chi connectivity index (χ3v) is 7.90. The maximum absolute atomic E-state index is 6.86. The molecule has 0 aromatic rings. The summed E-state index contributed by atoms with van der Waals surface area (Å²) in [6, 6.07) is 0. The number of allylic oxidation sites excluding steroid dienone is 9. The van der Waals surface area contributed by atoms with Gasteiger partial charge < -0.3 is 9.64 Å². The van der Waals surface area contributed by atoms with E-state index in [1.54, 1.807) is 0 Å². The van der Waals surface area contributed by atoms with E-state index in [0.717, 1.165) is 38.0 Å². The highest BCUT2D eigenvalue weighted by Gasteiger charge is 2.21. The maximum atomic E-state index is 6.86. The smallest absolute Gasteiger partial charge is 0.104 e. The number of likely N-dealkylation sites (N-methyl/N-ethyl adjacent to an activating group) is 1. The Balaban J connectivity index is 5.46. The minimum absolute atomic E-state index is 0.222. The standard InChI is InChI=1S/C41H73NO/c1-7-11-14-17-20-23-26-29-34-39(35-30-27-24-21-18-15-12-8-2)41(37-31-28-25-22-19-16-13-9-3)43-40(10-4)36-32-33-38-42(5)6/h10,20-25,29,32-34,39,41H,7-9,11-19,26-28,30-31,35-38H2,1-6H3/b23-20-,24-21-,25-22-,33-32+,34-29-,40-10-. The molecule has 0 N–H and O–H groups in total. The first kappa shape index (κ1) is 41.2. The van der Waals surface area contributed by atoms with E-state index in [-0.39, 0.29) is 6.10 Å². The van der Waals surface area contributed by atoms with E-state index in [9.17, 15) is 0 Å². The first-order chi connectivity index (χ1) is 21.1. The quantitative estimate of drug-likeness (QED) is 0.0465. The first-order valence-electron chi connectivity index (χ1n) is 18.3. The highest BCUT2D eigenvalue weighted by Crippen LogP contribution is 2.26. The molecule has 0 radical (unpaired) electrons. The molecule has 0 heterocycles. The lowest BCUT2D eigenvalue weighted by molar-refractivity contribution is 0.0652. The normalized spacial score (nSPS) is 14.5. The van der Waals surface area contributed by atoms with Crippen molar-refractivity contribution >= 4 is 0 Å². The van der Waals surface area contributed by atoms with Crippen LogP contribution in [0.1, 0.15) is 156 Å². The van der Waals surface area contributed by atoms with Crippen LogP contribution < -0.4 is 0 Å². The van der Waals surface area contributed by atoms with Crippen molar-refractivity contribution in [1.29, 1.82) is 0 Å². The van der Waals surface area contributed by atoms with Gasteiger partial charge in [-0.2, -0.15) is 0 Å². The molecule has 0 rings (SSSR count). The van der Waals surface area contributed by atoms with Crippen molar-refractivity contribution in [3.05, 3.63) is 72.6 Å². The number of hydrogen-bond acceptors (Lipinski definition) is 2. The Morgan fingerprint density at radius 1 is 0.581 bits per heavy atom.